The number of aryl methyl sites for hydroxylation is 4. The van der Waals surface area contributed by atoms with E-state index in [1.54, 1.807) is 23.5 Å². The van der Waals surface area contributed by atoms with Gasteiger partial charge >= 0.3 is 0 Å². The van der Waals surface area contributed by atoms with Crippen molar-refractivity contribution in [3.05, 3.63) is 357 Å². The van der Waals surface area contributed by atoms with Crippen molar-refractivity contribution in [1.29, 1.82) is 0 Å². The minimum absolute atomic E-state index is 0.449. The molecule has 0 radical (unpaired) electrons. The Morgan fingerprint density at radius 3 is 1.09 bits per heavy atom. The molecule has 0 bridgehead atoms. The summed E-state index contributed by atoms with van der Waals surface area (Å²) in [6.07, 6.45) is 3.72. The van der Waals surface area contributed by atoms with E-state index in [9.17, 15) is 0 Å². The molecule has 15 rings (SSSR count). The number of halogens is 4. The highest BCUT2D eigenvalue weighted by Crippen LogP contribution is 2.60. The molecule has 0 saturated heterocycles. The van der Waals surface area contributed by atoms with Crippen LogP contribution in [0, 0.1) is 51.0 Å². The summed E-state index contributed by atoms with van der Waals surface area (Å²) in [6, 6.07) is 81.4. The Morgan fingerprint density at radius 1 is 0.326 bits per heavy atom. The van der Waals surface area contributed by atoms with Crippen LogP contribution in [-0.4, -0.2) is 0 Å². The maximum absolute atomic E-state index is 15.8. The van der Waals surface area contributed by atoms with E-state index in [0.29, 0.717) is 11.4 Å². The zero-order chi connectivity index (χ0) is 61.0. The summed E-state index contributed by atoms with van der Waals surface area (Å²) in [6.45, 7) is 16.7. The smallest absolute Gasteiger partial charge is 0.160 e. The maximum atomic E-state index is 15.8. The number of thiophene rings is 1. The van der Waals surface area contributed by atoms with Crippen LogP contribution in [0.2, 0.25) is 0 Å². The zero-order valence-corrected chi connectivity index (χ0v) is 50.3. The van der Waals surface area contributed by atoms with Gasteiger partial charge in [0.05, 0.1) is 10.8 Å². The fraction of sp³-hybridized carbons (Fsp3) is 0.0732. The molecule has 0 amide bonds. The van der Waals surface area contributed by atoms with Crippen molar-refractivity contribution < 1.29 is 17.6 Å². The lowest BCUT2D eigenvalue weighted by molar-refractivity contribution is 0.509. The first-order chi connectivity index (χ1) is 43.3. The SMILES string of the molecule is C=Cc1ccc(C2(c3cc(C)ccc3C)c3ccccc3-c3ccc(N(c4ccc(F)c(F)c4)c4ccc5c(c4)sc4cc(N(c6ccc(F)c(F)c6)c6ccc7c(c6)C(c6ccc(C=C)cc6)(c6cc(C)ccc6C)c6ccccc6-7)ccc45)cc32)cc1. The van der Waals surface area contributed by atoms with Gasteiger partial charge in [0.25, 0.3) is 0 Å². The highest BCUT2D eigenvalue weighted by atomic mass is 32.1. The van der Waals surface area contributed by atoms with Crippen molar-refractivity contribution in [2.45, 2.75) is 38.5 Å². The number of nitrogens with zero attached hydrogens (tertiary/aromatic N) is 2. The van der Waals surface area contributed by atoms with Crippen LogP contribution < -0.4 is 9.80 Å². The number of fused-ring (bicyclic) bond motifs is 9. The highest BCUT2D eigenvalue weighted by molar-refractivity contribution is 7.25. The van der Waals surface area contributed by atoms with Gasteiger partial charge in [0.1, 0.15) is 0 Å². The summed E-state index contributed by atoms with van der Waals surface area (Å²) in [4.78, 5) is 4.03. The highest BCUT2D eigenvalue weighted by Gasteiger charge is 2.49. The molecule has 2 nitrogen and oxygen atoms in total. The molecule has 89 heavy (non-hydrogen) atoms. The molecular formula is C82H58F4N2S. The van der Waals surface area contributed by atoms with Crippen LogP contribution in [0.5, 0.6) is 0 Å². The van der Waals surface area contributed by atoms with Crippen LogP contribution in [0.3, 0.4) is 0 Å². The van der Waals surface area contributed by atoms with Gasteiger partial charge in [-0.05, 0) is 190 Å². The van der Waals surface area contributed by atoms with Gasteiger partial charge < -0.3 is 9.80 Å². The molecule has 1 heterocycles. The average Bonchev–Trinajstić information content (AvgIpc) is 1.58. The third-order valence-corrected chi connectivity index (χ3v) is 19.7. The molecule has 13 aromatic rings. The quantitative estimate of drug-likeness (QED) is 0.113. The molecule has 0 aliphatic heterocycles. The predicted octanol–water partition coefficient (Wildman–Crippen LogP) is 22.8. The molecule has 2 atom stereocenters. The fourth-order valence-corrected chi connectivity index (χ4v) is 15.7. The van der Waals surface area contributed by atoms with Crippen LogP contribution in [0.4, 0.5) is 51.7 Å². The molecule has 1 aromatic heterocycles. The van der Waals surface area contributed by atoms with Crippen LogP contribution in [-0.2, 0) is 10.8 Å². The van der Waals surface area contributed by atoms with E-state index in [1.807, 2.05) is 34.1 Å². The van der Waals surface area contributed by atoms with Crippen molar-refractivity contribution in [1.82, 2.24) is 0 Å². The summed E-state index contributed by atoms with van der Waals surface area (Å²) in [5, 5.41) is 2.00. The van der Waals surface area contributed by atoms with E-state index in [0.717, 1.165) is 143 Å². The first kappa shape index (κ1) is 55.3. The minimum Gasteiger partial charge on any atom is -0.310 e. The molecule has 0 N–H and O–H groups in total. The fourth-order valence-electron chi connectivity index (χ4n) is 14.5. The van der Waals surface area contributed by atoms with Gasteiger partial charge in [-0.15, -0.1) is 11.3 Å². The zero-order valence-electron chi connectivity index (χ0n) is 49.5. The molecule has 7 heteroatoms. The Labute approximate surface area is 519 Å². The summed E-state index contributed by atoms with van der Waals surface area (Å²) in [7, 11) is 0. The Morgan fingerprint density at radius 2 is 0.685 bits per heavy atom. The molecular weight excluding hydrogens is 1120 g/mol. The van der Waals surface area contributed by atoms with Crippen LogP contribution in [0.1, 0.15) is 77.9 Å². The van der Waals surface area contributed by atoms with Crippen LogP contribution >= 0.6 is 11.3 Å². The van der Waals surface area contributed by atoms with Gasteiger partial charge in [-0.25, -0.2) is 17.6 Å². The van der Waals surface area contributed by atoms with E-state index < -0.39 is 34.1 Å². The predicted molar refractivity (Wildman–Crippen MR) is 362 cm³/mol. The Hall–Kier alpha value is -10.3. The van der Waals surface area contributed by atoms with Gasteiger partial charge in [0.15, 0.2) is 23.3 Å². The third kappa shape index (κ3) is 8.58. The molecule has 2 aliphatic rings. The van der Waals surface area contributed by atoms with Crippen molar-refractivity contribution >= 4 is 77.8 Å². The second-order valence-corrected chi connectivity index (χ2v) is 24.8. The van der Waals surface area contributed by atoms with Gasteiger partial charge in [-0.3, -0.25) is 0 Å². The molecule has 2 aliphatic carbocycles. The summed E-state index contributed by atoms with van der Waals surface area (Å²) in [5.41, 5.74) is 22.3. The van der Waals surface area contributed by atoms with Gasteiger partial charge in [-0.2, -0.15) is 0 Å². The van der Waals surface area contributed by atoms with Gasteiger partial charge in [0, 0.05) is 66.4 Å². The molecule has 0 fully saturated rings. The Bertz CT molecular complexity index is 4760. The normalized spacial score (nSPS) is 15.4. The lowest BCUT2D eigenvalue weighted by Gasteiger charge is -2.36. The number of hydrogen-bond donors (Lipinski definition) is 0. The molecule has 0 saturated carbocycles. The second kappa shape index (κ2) is 21.2. The van der Waals surface area contributed by atoms with E-state index in [1.165, 1.54) is 24.3 Å². The third-order valence-electron chi connectivity index (χ3n) is 18.6. The Kier molecular flexibility index (Phi) is 13.2. The Balaban J connectivity index is 0.904. The second-order valence-electron chi connectivity index (χ2n) is 23.7. The van der Waals surface area contributed by atoms with E-state index in [-0.39, 0.29) is 0 Å². The molecule has 0 spiro atoms. The number of benzene rings is 12. The number of hydrogen-bond acceptors (Lipinski definition) is 3. The van der Waals surface area contributed by atoms with E-state index in [4.69, 9.17) is 0 Å². The first-order valence-corrected chi connectivity index (χ1v) is 30.7. The van der Waals surface area contributed by atoms with Gasteiger partial charge in [-0.1, -0.05) is 194 Å². The summed E-state index contributed by atoms with van der Waals surface area (Å²) < 4.78 is 63.6. The topological polar surface area (TPSA) is 6.48 Å². The molecule has 430 valence electrons. The monoisotopic (exact) mass is 1180 g/mol. The van der Waals surface area contributed by atoms with Crippen molar-refractivity contribution in [3.63, 3.8) is 0 Å². The summed E-state index contributed by atoms with van der Waals surface area (Å²) in [5.74, 6) is -3.79. The summed E-state index contributed by atoms with van der Waals surface area (Å²) >= 11 is 1.61. The number of rotatable bonds is 12. The van der Waals surface area contributed by atoms with Crippen molar-refractivity contribution in [2.24, 2.45) is 0 Å². The average molecular weight is 1180 g/mol. The lowest BCUT2D eigenvalue weighted by Crippen LogP contribution is -2.30. The van der Waals surface area contributed by atoms with Crippen molar-refractivity contribution in [2.75, 3.05) is 9.80 Å². The number of anilines is 6. The largest absolute Gasteiger partial charge is 0.310 e. The van der Waals surface area contributed by atoms with Crippen LogP contribution in [0.15, 0.2) is 256 Å². The van der Waals surface area contributed by atoms with E-state index >= 15 is 17.6 Å². The van der Waals surface area contributed by atoms with Crippen LogP contribution in [0.25, 0.3) is 54.6 Å². The minimum atomic E-state index is -0.958. The lowest BCUT2D eigenvalue weighted by atomic mass is 9.66. The maximum Gasteiger partial charge on any atom is 0.160 e. The van der Waals surface area contributed by atoms with E-state index in [2.05, 4.69) is 235 Å². The standard InChI is InChI=1S/C82H58F4N2S/c1-7-53-21-25-55(26-22-53)81(71-41-49(3)17-19-51(71)5)69-15-11-9-13-63(69)65-35-29-57(43-73(65)81)87(59-33-39-75(83)77(85)45-59)61-31-37-67-68-38-32-62(48-80(68)89-79(67)47-61)88(60-34-40-76(84)78(86)46-60)58-30-36-66-64-14-10-12-16-70(64)82(74(66)44-58,56-27-23-54(8-2)24-28-56)72-42-50(4)18-20-52(72)6/h7-48H,1-2H2,3-6H3. The van der Waals surface area contributed by atoms with Gasteiger partial charge in [0.2, 0.25) is 0 Å². The first-order valence-electron chi connectivity index (χ1n) is 29.9. The van der Waals surface area contributed by atoms with Crippen molar-refractivity contribution in [3.8, 4) is 22.3 Å². The molecule has 12 aromatic carbocycles. The molecule has 2 unspecified atom stereocenters.